The normalized spacial score (nSPS) is 21.7. The van der Waals surface area contributed by atoms with Gasteiger partial charge in [0, 0.05) is 11.5 Å². The number of aromatic nitrogens is 2. The average Bonchev–Trinajstić information content (AvgIpc) is 2.26. The van der Waals surface area contributed by atoms with E-state index in [-0.39, 0.29) is 6.10 Å². The molecular formula is C8H7BrCl2N2OS. The summed E-state index contributed by atoms with van der Waals surface area (Å²) < 4.78 is 6.06. The maximum Gasteiger partial charge on any atom is 0.161 e. The fourth-order valence-electron chi connectivity index (χ4n) is 1.19. The molecule has 0 aromatic carbocycles. The zero-order valence-corrected chi connectivity index (χ0v) is 11.5. The molecule has 7 heteroatoms. The van der Waals surface area contributed by atoms with Crippen molar-refractivity contribution in [2.45, 2.75) is 6.10 Å². The van der Waals surface area contributed by atoms with E-state index >= 15 is 0 Å². The SMILES string of the molecule is Clc1nc(C2CSCCO2)nc(Cl)c1Br. The fourth-order valence-corrected chi connectivity index (χ4v) is 2.61. The lowest BCUT2D eigenvalue weighted by Gasteiger charge is -2.21. The Balaban J connectivity index is 2.27. The maximum absolute atomic E-state index is 5.89. The number of hydrogen-bond donors (Lipinski definition) is 0. The Morgan fingerprint density at radius 3 is 2.53 bits per heavy atom. The van der Waals surface area contributed by atoms with Crippen molar-refractivity contribution in [1.29, 1.82) is 0 Å². The molecule has 0 amide bonds. The molecule has 1 unspecified atom stereocenters. The second-order valence-corrected chi connectivity index (χ2v) is 5.57. The van der Waals surface area contributed by atoms with Crippen molar-refractivity contribution in [1.82, 2.24) is 9.97 Å². The highest BCUT2D eigenvalue weighted by Crippen LogP contribution is 2.31. The lowest BCUT2D eigenvalue weighted by atomic mass is 10.3. The van der Waals surface area contributed by atoms with Gasteiger partial charge in [-0.1, -0.05) is 23.2 Å². The van der Waals surface area contributed by atoms with Gasteiger partial charge in [-0.3, -0.25) is 0 Å². The quantitative estimate of drug-likeness (QED) is 0.740. The van der Waals surface area contributed by atoms with E-state index in [1.54, 1.807) is 0 Å². The molecule has 0 radical (unpaired) electrons. The van der Waals surface area contributed by atoms with Gasteiger partial charge in [-0.2, -0.15) is 11.8 Å². The number of hydrogen-bond acceptors (Lipinski definition) is 4. The van der Waals surface area contributed by atoms with Gasteiger partial charge < -0.3 is 4.74 Å². The third-order valence-electron chi connectivity index (χ3n) is 1.89. The first-order valence-corrected chi connectivity index (χ1v) is 6.96. The average molecular weight is 330 g/mol. The monoisotopic (exact) mass is 328 g/mol. The van der Waals surface area contributed by atoms with Crippen molar-refractivity contribution in [2.75, 3.05) is 18.1 Å². The minimum absolute atomic E-state index is 0.105. The Kier molecular flexibility index (Phi) is 4.12. The van der Waals surface area contributed by atoms with E-state index in [4.69, 9.17) is 27.9 Å². The Morgan fingerprint density at radius 1 is 1.33 bits per heavy atom. The maximum atomic E-state index is 5.89. The highest BCUT2D eigenvalue weighted by atomic mass is 79.9. The molecule has 0 aliphatic carbocycles. The van der Waals surface area contributed by atoms with E-state index in [1.807, 2.05) is 11.8 Å². The van der Waals surface area contributed by atoms with Crippen LogP contribution in [0.15, 0.2) is 4.47 Å². The molecule has 1 fully saturated rings. The predicted octanol–water partition coefficient (Wildman–Crippen LogP) is 3.35. The summed E-state index contributed by atoms with van der Waals surface area (Å²) in [5.41, 5.74) is 0. The summed E-state index contributed by atoms with van der Waals surface area (Å²) in [5.74, 6) is 2.41. The van der Waals surface area contributed by atoms with E-state index < -0.39 is 0 Å². The van der Waals surface area contributed by atoms with Crippen LogP contribution in [0.25, 0.3) is 0 Å². The van der Waals surface area contributed by atoms with Gasteiger partial charge in [0.25, 0.3) is 0 Å². The van der Waals surface area contributed by atoms with Gasteiger partial charge in [0.1, 0.15) is 16.4 Å². The molecule has 3 nitrogen and oxygen atoms in total. The molecule has 15 heavy (non-hydrogen) atoms. The molecule has 0 spiro atoms. The van der Waals surface area contributed by atoms with Crippen LogP contribution in [0.1, 0.15) is 11.9 Å². The third kappa shape index (κ3) is 2.77. The molecular weight excluding hydrogens is 323 g/mol. The first-order valence-electron chi connectivity index (χ1n) is 4.26. The second kappa shape index (κ2) is 5.19. The lowest BCUT2D eigenvalue weighted by molar-refractivity contribution is 0.0694. The van der Waals surface area contributed by atoms with E-state index in [2.05, 4.69) is 25.9 Å². The van der Waals surface area contributed by atoms with Crippen LogP contribution in [0.3, 0.4) is 0 Å². The molecule has 2 rings (SSSR count). The highest BCUT2D eigenvalue weighted by Gasteiger charge is 2.21. The zero-order valence-electron chi connectivity index (χ0n) is 7.54. The minimum atomic E-state index is -0.105. The Labute approximate surface area is 110 Å². The summed E-state index contributed by atoms with van der Waals surface area (Å²) in [5, 5.41) is 0.647. The predicted molar refractivity (Wildman–Crippen MR) is 65.8 cm³/mol. The molecule has 0 N–H and O–H groups in total. The summed E-state index contributed by atoms with van der Waals surface area (Å²) in [6.45, 7) is 0.712. The molecule has 1 aromatic rings. The van der Waals surface area contributed by atoms with Crippen molar-refractivity contribution < 1.29 is 4.74 Å². The Hall–Kier alpha value is 0.450. The summed E-state index contributed by atoms with van der Waals surface area (Å²) in [6.07, 6.45) is -0.105. The molecule has 82 valence electrons. The van der Waals surface area contributed by atoms with Crippen LogP contribution in [0, 0.1) is 0 Å². The van der Waals surface area contributed by atoms with Crippen molar-refractivity contribution in [3.63, 3.8) is 0 Å². The molecule has 0 saturated carbocycles. The molecule has 1 aliphatic rings. The van der Waals surface area contributed by atoms with Crippen LogP contribution in [-0.2, 0) is 4.74 Å². The summed E-state index contributed by atoms with van der Waals surface area (Å²) in [6, 6.07) is 0. The molecule has 1 aliphatic heterocycles. The van der Waals surface area contributed by atoms with Crippen molar-refractivity contribution in [2.24, 2.45) is 0 Å². The van der Waals surface area contributed by atoms with Gasteiger partial charge in [0.2, 0.25) is 0 Å². The summed E-state index contributed by atoms with van der Waals surface area (Å²) >= 11 is 16.8. The van der Waals surface area contributed by atoms with E-state index in [0.717, 1.165) is 11.5 Å². The molecule has 1 saturated heterocycles. The van der Waals surface area contributed by atoms with Crippen molar-refractivity contribution in [3.8, 4) is 0 Å². The fraction of sp³-hybridized carbons (Fsp3) is 0.500. The molecule has 1 aromatic heterocycles. The Bertz CT molecular complexity index is 351. The molecule has 0 bridgehead atoms. The first kappa shape index (κ1) is 11.9. The number of thioether (sulfide) groups is 1. The molecule has 1 atom stereocenters. The summed E-state index contributed by atoms with van der Waals surface area (Å²) in [4.78, 5) is 8.28. The first-order chi connectivity index (χ1) is 7.18. The van der Waals surface area contributed by atoms with E-state index in [1.165, 1.54) is 0 Å². The highest BCUT2D eigenvalue weighted by molar-refractivity contribution is 9.10. The number of ether oxygens (including phenoxy) is 1. The van der Waals surface area contributed by atoms with Gasteiger partial charge in [0.15, 0.2) is 5.82 Å². The van der Waals surface area contributed by atoms with Crippen molar-refractivity contribution >= 4 is 50.9 Å². The number of nitrogens with zero attached hydrogens (tertiary/aromatic N) is 2. The van der Waals surface area contributed by atoms with Gasteiger partial charge in [-0.15, -0.1) is 0 Å². The van der Waals surface area contributed by atoms with Crippen molar-refractivity contribution in [3.05, 3.63) is 20.6 Å². The summed E-state index contributed by atoms with van der Waals surface area (Å²) in [7, 11) is 0. The third-order valence-corrected chi connectivity index (χ3v) is 4.64. The number of halogens is 3. The molecule has 2 heterocycles. The van der Waals surface area contributed by atoms with Crippen LogP contribution < -0.4 is 0 Å². The van der Waals surface area contributed by atoms with Crippen LogP contribution in [0.2, 0.25) is 10.3 Å². The van der Waals surface area contributed by atoms with Gasteiger partial charge in [-0.05, 0) is 15.9 Å². The van der Waals surface area contributed by atoms with Gasteiger partial charge in [0.05, 0.1) is 11.1 Å². The lowest BCUT2D eigenvalue weighted by Crippen LogP contribution is -2.18. The largest absolute Gasteiger partial charge is 0.368 e. The smallest absolute Gasteiger partial charge is 0.161 e. The van der Waals surface area contributed by atoms with E-state index in [9.17, 15) is 0 Å². The van der Waals surface area contributed by atoms with Crippen LogP contribution in [0.4, 0.5) is 0 Å². The second-order valence-electron chi connectivity index (χ2n) is 2.91. The van der Waals surface area contributed by atoms with Crippen LogP contribution >= 0.6 is 50.9 Å². The zero-order chi connectivity index (χ0) is 10.8. The van der Waals surface area contributed by atoms with Gasteiger partial charge >= 0.3 is 0 Å². The standard InChI is InChI=1S/C8H7BrCl2N2OS/c9-5-6(10)12-8(13-7(5)11)4-3-15-2-1-14-4/h4H,1-3H2. The minimum Gasteiger partial charge on any atom is -0.368 e. The van der Waals surface area contributed by atoms with E-state index in [0.29, 0.717) is 27.2 Å². The van der Waals surface area contributed by atoms with Crippen LogP contribution in [0.5, 0.6) is 0 Å². The Morgan fingerprint density at radius 2 is 2.00 bits per heavy atom. The number of rotatable bonds is 1. The van der Waals surface area contributed by atoms with Gasteiger partial charge in [-0.25, -0.2) is 9.97 Å². The topological polar surface area (TPSA) is 35.0 Å². The van der Waals surface area contributed by atoms with Crippen LogP contribution in [-0.4, -0.2) is 28.1 Å².